The van der Waals surface area contributed by atoms with Crippen LogP contribution in [0.2, 0.25) is 0 Å². The van der Waals surface area contributed by atoms with E-state index in [-0.39, 0.29) is 29.5 Å². The van der Waals surface area contributed by atoms with Gasteiger partial charge in [-0.1, -0.05) is 12.1 Å². The number of nitrogens with zero attached hydrogens (tertiary/aromatic N) is 4. The van der Waals surface area contributed by atoms with Crippen molar-refractivity contribution in [1.29, 1.82) is 0 Å². The summed E-state index contributed by atoms with van der Waals surface area (Å²) in [5, 5.41) is 11.1. The first-order valence-electron chi connectivity index (χ1n) is 10.0. The standard InChI is InChI=1S/C21H32N6O.HI/c1-4-22-20(24-17-21(2,3)26-12-14-28-15-13-26)23-16-18-6-8-19(9-7-18)27-11-5-10-25-27;/h5-11H,4,12-17H2,1-3H3,(H2,22,23,24);1H. The lowest BCUT2D eigenvalue weighted by Gasteiger charge is -2.41. The molecule has 1 aliphatic rings. The molecule has 0 radical (unpaired) electrons. The van der Waals surface area contributed by atoms with E-state index >= 15 is 0 Å². The second-order valence-corrected chi connectivity index (χ2v) is 7.58. The third kappa shape index (κ3) is 6.97. The zero-order chi connectivity index (χ0) is 19.8. The number of ether oxygens (including phenoxy) is 1. The summed E-state index contributed by atoms with van der Waals surface area (Å²) >= 11 is 0. The van der Waals surface area contributed by atoms with Gasteiger partial charge in [-0.15, -0.1) is 24.0 Å². The number of guanidine groups is 1. The van der Waals surface area contributed by atoms with Gasteiger partial charge in [-0.3, -0.25) is 4.90 Å². The maximum absolute atomic E-state index is 5.48. The molecule has 3 rings (SSSR count). The Labute approximate surface area is 190 Å². The fraction of sp³-hybridized carbons (Fsp3) is 0.524. The lowest BCUT2D eigenvalue weighted by molar-refractivity contribution is -0.00834. The molecule has 1 fully saturated rings. The van der Waals surface area contributed by atoms with Gasteiger partial charge in [-0.05, 0) is 44.5 Å². The molecule has 2 heterocycles. The smallest absolute Gasteiger partial charge is 0.191 e. The summed E-state index contributed by atoms with van der Waals surface area (Å²) in [5.41, 5.74) is 2.27. The van der Waals surface area contributed by atoms with Crippen molar-refractivity contribution in [3.8, 4) is 5.69 Å². The molecule has 1 aromatic carbocycles. The highest BCUT2D eigenvalue weighted by atomic mass is 127. The van der Waals surface area contributed by atoms with Crippen LogP contribution in [0.5, 0.6) is 0 Å². The monoisotopic (exact) mass is 512 g/mol. The van der Waals surface area contributed by atoms with Gasteiger partial charge in [-0.2, -0.15) is 5.10 Å². The second kappa shape index (κ2) is 11.5. The SMILES string of the molecule is CCNC(=NCc1ccc(-n2cccn2)cc1)NCC(C)(C)N1CCOCC1.I. The van der Waals surface area contributed by atoms with E-state index in [0.717, 1.165) is 51.0 Å². The minimum absolute atomic E-state index is 0. The fourth-order valence-electron chi connectivity index (χ4n) is 3.27. The van der Waals surface area contributed by atoms with Gasteiger partial charge in [0.25, 0.3) is 0 Å². The Balaban J connectivity index is 0.00000300. The Hall–Kier alpha value is -1.65. The van der Waals surface area contributed by atoms with Crippen molar-refractivity contribution in [3.63, 3.8) is 0 Å². The molecule has 2 N–H and O–H groups in total. The van der Waals surface area contributed by atoms with Gasteiger partial charge >= 0.3 is 0 Å². The minimum atomic E-state index is 0. The highest BCUT2D eigenvalue weighted by Gasteiger charge is 2.28. The third-order valence-corrected chi connectivity index (χ3v) is 5.02. The van der Waals surface area contributed by atoms with Crippen LogP contribution in [0.1, 0.15) is 26.3 Å². The van der Waals surface area contributed by atoms with Crippen LogP contribution >= 0.6 is 24.0 Å². The predicted octanol–water partition coefficient (Wildman–Crippen LogP) is 2.66. The molecule has 1 saturated heterocycles. The Morgan fingerprint density at radius 2 is 1.90 bits per heavy atom. The van der Waals surface area contributed by atoms with Crippen LogP contribution in [-0.2, 0) is 11.3 Å². The molecule has 0 unspecified atom stereocenters. The van der Waals surface area contributed by atoms with Crippen LogP contribution in [0.15, 0.2) is 47.7 Å². The van der Waals surface area contributed by atoms with Crippen LogP contribution in [-0.4, -0.2) is 65.6 Å². The van der Waals surface area contributed by atoms with Crippen molar-refractivity contribution >= 4 is 29.9 Å². The summed E-state index contributed by atoms with van der Waals surface area (Å²) < 4.78 is 7.33. The zero-order valence-electron chi connectivity index (χ0n) is 17.6. The molecule has 2 aromatic rings. The van der Waals surface area contributed by atoms with Crippen molar-refractivity contribution in [3.05, 3.63) is 48.3 Å². The van der Waals surface area contributed by atoms with Crippen molar-refractivity contribution in [1.82, 2.24) is 25.3 Å². The normalized spacial score (nSPS) is 15.6. The largest absolute Gasteiger partial charge is 0.379 e. The number of aliphatic imine (C=N–C) groups is 1. The Bertz CT molecular complexity index is 739. The van der Waals surface area contributed by atoms with Gasteiger partial charge in [0, 0.05) is 44.1 Å². The second-order valence-electron chi connectivity index (χ2n) is 7.58. The first-order chi connectivity index (χ1) is 13.6. The van der Waals surface area contributed by atoms with Crippen molar-refractivity contribution in [2.24, 2.45) is 4.99 Å². The molecule has 0 bridgehead atoms. The number of hydrogen-bond donors (Lipinski definition) is 2. The van der Waals surface area contributed by atoms with Gasteiger partial charge in [0.05, 0.1) is 25.4 Å². The molecule has 1 aliphatic heterocycles. The van der Waals surface area contributed by atoms with Crippen molar-refractivity contribution < 1.29 is 4.74 Å². The van der Waals surface area contributed by atoms with Crippen LogP contribution < -0.4 is 10.6 Å². The summed E-state index contributed by atoms with van der Waals surface area (Å²) in [6.45, 7) is 12.5. The molecule has 0 aliphatic carbocycles. The first-order valence-corrected chi connectivity index (χ1v) is 10.0. The van der Waals surface area contributed by atoms with E-state index in [1.165, 1.54) is 5.56 Å². The number of aromatic nitrogens is 2. The van der Waals surface area contributed by atoms with Gasteiger partial charge in [-0.25, -0.2) is 9.67 Å². The maximum atomic E-state index is 5.48. The van der Waals surface area contributed by atoms with Crippen LogP contribution in [0.4, 0.5) is 0 Å². The topological polar surface area (TPSA) is 66.7 Å². The number of nitrogens with one attached hydrogen (secondary N) is 2. The van der Waals surface area contributed by atoms with E-state index in [1.54, 1.807) is 6.20 Å². The van der Waals surface area contributed by atoms with E-state index in [1.807, 2.05) is 16.9 Å². The summed E-state index contributed by atoms with van der Waals surface area (Å²) in [7, 11) is 0. The molecule has 8 heteroatoms. The molecule has 7 nitrogen and oxygen atoms in total. The van der Waals surface area contributed by atoms with Crippen LogP contribution in [0.25, 0.3) is 5.69 Å². The molecule has 0 saturated carbocycles. The lowest BCUT2D eigenvalue weighted by Crippen LogP contribution is -2.56. The van der Waals surface area contributed by atoms with Crippen LogP contribution in [0.3, 0.4) is 0 Å². The van der Waals surface area contributed by atoms with Gasteiger partial charge in [0.1, 0.15) is 0 Å². The van der Waals surface area contributed by atoms with Gasteiger partial charge in [0.15, 0.2) is 5.96 Å². The molecule has 0 amide bonds. The quantitative estimate of drug-likeness (QED) is 0.340. The average Bonchev–Trinajstić information content (AvgIpc) is 3.26. The number of hydrogen-bond acceptors (Lipinski definition) is 4. The predicted molar refractivity (Wildman–Crippen MR) is 128 cm³/mol. The first kappa shape index (κ1) is 23.6. The summed E-state index contributed by atoms with van der Waals surface area (Å²) in [5.74, 6) is 0.847. The number of benzene rings is 1. The maximum Gasteiger partial charge on any atom is 0.191 e. The molecule has 0 spiro atoms. The van der Waals surface area contributed by atoms with E-state index in [2.05, 4.69) is 65.7 Å². The van der Waals surface area contributed by atoms with E-state index in [0.29, 0.717) is 6.54 Å². The third-order valence-electron chi connectivity index (χ3n) is 5.02. The Morgan fingerprint density at radius 1 is 1.17 bits per heavy atom. The molecule has 1 aromatic heterocycles. The lowest BCUT2D eigenvalue weighted by atomic mass is 10.0. The van der Waals surface area contributed by atoms with Gasteiger partial charge in [0.2, 0.25) is 0 Å². The molecule has 29 heavy (non-hydrogen) atoms. The molecule has 0 atom stereocenters. The minimum Gasteiger partial charge on any atom is -0.379 e. The van der Waals surface area contributed by atoms with Crippen LogP contribution in [0, 0.1) is 0 Å². The van der Waals surface area contributed by atoms with E-state index < -0.39 is 0 Å². The highest BCUT2D eigenvalue weighted by Crippen LogP contribution is 2.15. The number of morpholine rings is 1. The average molecular weight is 512 g/mol. The number of halogens is 1. The molecule has 160 valence electrons. The highest BCUT2D eigenvalue weighted by molar-refractivity contribution is 14.0. The summed E-state index contributed by atoms with van der Waals surface area (Å²) in [6, 6.07) is 10.3. The van der Waals surface area contributed by atoms with Crippen molar-refractivity contribution in [2.45, 2.75) is 32.9 Å². The zero-order valence-corrected chi connectivity index (χ0v) is 19.9. The Kier molecular flexibility index (Phi) is 9.38. The summed E-state index contributed by atoms with van der Waals surface area (Å²) in [6.07, 6.45) is 3.72. The van der Waals surface area contributed by atoms with Crippen molar-refractivity contribution in [2.75, 3.05) is 39.4 Å². The Morgan fingerprint density at radius 3 is 2.52 bits per heavy atom. The fourth-order valence-corrected chi connectivity index (χ4v) is 3.27. The number of rotatable bonds is 7. The van der Waals surface area contributed by atoms with E-state index in [4.69, 9.17) is 9.73 Å². The molecular weight excluding hydrogens is 479 g/mol. The summed E-state index contributed by atoms with van der Waals surface area (Å²) in [4.78, 5) is 7.23. The van der Waals surface area contributed by atoms with Gasteiger partial charge < -0.3 is 15.4 Å². The van der Waals surface area contributed by atoms with E-state index in [9.17, 15) is 0 Å². The molecular formula is C21H33IN6O.